The Morgan fingerprint density at radius 1 is 1.57 bits per heavy atom. The maximum Gasteiger partial charge on any atom is 0.137 e. The molecule has 1 saturated heterocycles. The number of benzene rings is 1. The first-order valence-electron chi connectivity index (χ1n) is 4.49. The first kappa shape index (κ1) is 10.5. The van der Waals surface area contributed by atoms with Crippen molar-refractivity contribution in [3.05, 3.63) is 34.1 Å². The number of halogens is 2. The fourth-order valence-electron chi connectivity index (χ4n) is 1.46. The molecule has 1 aliphatic heterocycles. The van der Waals surface area contributed by atoms with Crippen molar-refractivity contribution in [2.45, 2.75) is 18.3 Å². The highest BCUT2D eigenvalue weighted by molar-refractivity contribution is 9.10. The van der Waals surface area contributed by atoms with Gasteiger partial charge in [-0.05, 0) is 40.5 Å². The van der Waals surface area contributed by atoms with E-state index in [0.717, 1.165) is 11.3 Å². The van der Waals surface area contributed by atoms with Gasteiger partial charge in [-0.1, -0.05) is 6.07 Å². The van der Waals surface area contributed by atoms with Crippen LogP contribution in [0.5, 0.6) is 0 Å². The maximum absolute atomic E-state index is 13.0. The standard InChI is InChI=1S/C10H11BrFNS/c1-6-5-14-10(13-6)7-2-3-9(12)8(11)4-7/h2-4,6,10,13H,5H2,1H3. The summed E-state index contributed by atoms with van der Waals surface area (Å²) in [5.41, 5.74) is 1.13. The Bertz CT molecular complexity index is 345. The van der Waals surface area contributed by atoms with Crippen LogP contribution < -0.4 is 5.32 Å². The fourth-order valence-corrected chi connectivity index (χ4v) is 3.10. The van der Waals surface area contributed by atoms with Gasteiger partial charge in [0.2, 0.25) is 0 Å². The average molecular weight is 276 g/mol. The Labute approximate surface area is 95.6 Å². The molecule has 0 radical (unpaired) electrons. The van der Waals surface area contributed by atoms with Crippen LogP contribution in [0, 0.1) is 5.82 Å². The Hall–Kier alpha value is -0.0600. The van der Waals surface area contributed by atoms with E-state index in [0.29, 0.717) is 15.9 Å². The van der Waals surface area contributed by atoms with E-state index in [-0.39, 0.29) is 5.82 Å². The normalized spacial score (nSPS) is 26.8. The zero-order chi connectivity index (χ0) is 10.1. The molecule has 1 aliphatic rings. The van der Waals surface area contributed by atoms with Gasteiger partial charge in [0.05, 0.1) is 9.85 Å². The van der Waals surface area contributed by atoms with Crippen molar-refractivity contribution < 1.29 is 4.39 Å². The molecule has 0 amide bonds. The third-order valence-electron chi connectivity index (χ3n) is 2.20. The van der Waals surface area contributed by atoms with Gasteiger partial charge in [-0.25, -0.2) is 4.39 Å². The lowest BCUT2D eigenvalue weighted by Crippen LogP contribution is -2.21. The molecule has 14 heavy (non-hydrogen) atoms. The van der Waals surface area contributed by atoms with Gasteiger partial charge >= 0.3 is 0 Å². The number of hydrogen-bond donors (Lipinski definition) is 1. The van der Waals surface area contributed by atoms with Crippen molar-refractivity contribution in [2.24, 2.45) is 0 Å². The van der Waals surface area contributed by atoms with E-state index in [1.54, 1.807) is 0 Å². The summed E-state index contributed by atoms with van der Waals surface area (Å²) in [7, 11) is 0. The van der Waals surface area contributed by atoms with E-state index in [4.69, 9.17) is 0 Å². The summed E-state index contributed by atoms with van der Waals surface area (Å²) in [6.07, 6.45) is 0. The molecule has 0 aliphatic carbocycles. The second-order valence-electron chi connectivity index (χ2n) is 3.45. The SMILES string of the molecule is CC1CSC(c2ccc(F)c(Br)c2)N1. The molecular weight excluding hydrogens is 265 g/mol. The number of rotatable bonds is 1. The molecule has 0 saturated carbocycles. The minimum atomic E-state index is -0.204. The zero-order valence-electron chi connectivity index (χ0n) is 7.76. The molecule has 2 unspecified atom stereocenters. The molecular formula is C10H11BrFNS. The third kappa shape index (κ3) is 2.12. The lowest BCUT2D eigenvalue weighted by molar-refractivity contribution is 0.607. The molecule has 2 atom stereocenters. The second-order valence-corrected chi connectivity index (χ2v) is 5.45. The van der Waals surface area contributed by atoms with Crippen LogP contribution >= 0.6 is 27.7 Å². The van der Waals surface area contributed by atoms with Gasteiger partial charge in [0, 0.05) is 11.8 Å². The van der Waals surface area contributed by atoms with Crippen molar-refractivity contribution >= 4 is 27.7 Å². The summed E-state index contributed by atoms with van der Waals surface area (Å²) in [6.45, 7) is 2.16. The lowest BCUT2D eigenvalue weighted by atomic mass is 10.2. The first-order valence-corrected chi connectivity index (χ1v) is 6.33. The number of hydrogen-bond acceptors (Lipinski definition) is 2. The lowest BCUT2D eigenvalue weighted by Gasteiger charge is -2.11. The molecule has 76 valence electrons. The minimum Gasteiger partial charge on any atom is -0.298 e. The molecule has 1 N–H and O–H groups in total. The summed E-state index contributed by atoms with van der Waals surface area (Å²) < 4.78 is 13.5. The van der Waals surface area contributed by atoms with Crippen molar-refractivity contribution in [2.75, 3.05) is 5.75 Å². The van der Waals surface area contributed by atoms with Crippen LogP contribution in [0.15, 0.2) is 22.7 Å². The summed E-state index contributed by atoms with van der Waals surface area (Å²) in [5, 5.41) is 3.74. The van der Waals surface area contributed by atoms with Crippen LogP contribution in [0.4, 0.5) is 4.39 Å². The molecule has 1 heterocycles. The highest BCUT2D eigenvalue weighted by Gasteiger charge is 2.22. The molecule has 1 fully saturated rings. The van der Waals surface area contributed by atoms with Crippen LogP contribution in [0.2, 0.25) is 0 Å². The molecule has 2 rings (SSSR count). The topological polar surface area (TPSA) is 12.0 Å². The maximum atomic E-state index is 13.0. The number of nitrogens with one attached hydrogen (secondary N) is 1. The van der Waals surface area contributed by atoms with Gasteiger partial charge < -0.3 is 0 Å². The van der Waals surface area contributed by atoms with Gasteiger partial charge in [0.1, 0.15) is 5.82 Å². The highest BCUT2D eigenvalue weighted by atomic mass is 79.9. The molecule has 0 spiro atoms. The Balaban J connectivity index is 2.20. The average Bonchev–Trinajstić information content (AvgIpc) is 2.57. The minimum absolute atomic E-state index is 0.204. The van der Waals surface area contributed by atoms with E-state index in [2.05, 4.69) is 28.2 Å². The smallest absolute Gasteiger partial charge is 0.137 e. The number of thioether (sulfide) groups is 1. The largest absolute Gasteiger partial charge is 0.298 e. The van der Waals surface area contributed by atoms with Crippen LogP contribution in [0.3, 0.4) is 0 Å². The van der Waals surface area contributed by atoms with Crippen LogP contribution in [-0.2, 0) is 0 Å². The van der Waals surface area contributed by atoms with Gasteiger partial charge in [0.25, 0.3) is 0 Å². The first-order chi connectivity index (χ1) is 6.66. The van der Waals surface area contributed by atoms with Gasteiger partial charge in [-0.3, -0.25) is 5.32 Å². The van der Waals surface area contributed by atoms with E-state index >= 15 is 0 Å². The molecule has 1 aromatic rings. The fraction of sp³-hybridized carbons (Fsp3) is 0.400. The van der Waals surface area contributed by atoms with Crippen LogP contribution in [-0.4, -0.2) is 11.8 Å². The van der Waals surface area contributed by atoms with E-state index in [1.807, 2.05) is 23.9 Å². The molecule has 0 aromatic heterocycles. The zero-order valence-corrected chi connectivity index (χ0v) is 10.2. The van der Waals surface area contributed by atoms with Crippen molar-refractivity contribution in [1.29, 1.82) is 0 Å². The van der Waals surface area contributed by atoms with Gasteiger partial charge in [-0.2, -0.15) is 0 Å². The molecule has 1 nitrogen and oxygen atoms in total. The molecule has 0 bridgehead atoms. The van der Waals surface area contributed by atoms with E-state index in [1.165, 1.54) is 6.07 Å². The Morgan fingerprint density at radius 3 is 2.93 bits per heavy atom. The van der Waals surface area contributed by atoms with Crippen LogP contribution in [0.25, 0.3) is 0 Å². The Morgan fingerprint density at radius 2 is 2.36 bits per heavy atom. The summed E-state index contributed by atoms with van der Waals surface area (Å²) >= 11 is 5.06. The van der Waals surface area contributed by atoms with Gasteiger partial charge in [-0.15, -0.1) is 11.8 Å². The molecule has 1 aromatic carbocycles. The van der Waals surface area contributed by atoms with Crippen molar-refractivity contribution in [1.82, 2.24) is 5.32 Å². The van der Waals surface area contributed by atoms with Crippen LogP contribution in [0.1, 0.15) is 17.9 Å². The van der Waals surface area contributed by atoms with E-state index in [9.17, 15) is 4.39 Å². The van der Waals surface area contributed by atoms with Crippen molar-refractivity contribution in [3.63, 3.8) is 0 Å². The quantitative estimate of drug-likeness (QED) is 0.844. The molecule has 4 heteroatoms. The van der Waals surface area contributed by atoms with Gasteiger partial charge in [0.15, 0.2) is 0 Å². The summed E-state index contributed by atoms with van der Waals surface area (Å²) in [4.78, 5) is 0. The van der Waals surface area contributed by atoms with Crippen molar-refractivity contribution in [3.8, 4) is 0 Å². The summed E-state index contributed by atoms with van der Waals surface area (Å²) in [5.74, 6) is 0.907. The van der Waals surface area contributed by atoms with E-state index < -0.39 is 0 Å². The highest BCUT2D eigenvalue weighted by Crippen LogP contribution is 2.34. The predicted molar refractivity (Wildman–Crippen MR) is 61.9 cm³/mol. The summed E-state index contributed by atoms with van der Waals surface area (Å²) in [6, 6.07) is 5.72. The monoisotopic (exact) mass is 275 g/mol. The second kappa shape index (κ2) is 4.21. The Kier molecular flexibility index (Phi) is 3.14. The predicted octanol–water partition coefficient (Wildman–Crippen LogP) is 3.31. The third-order valence-corrected chi connectivity index (χ3v) is 4.24.